The van der Waals surface area contributed by atoms with Crippen LogP contribution in [0.15, 0.2) is 18.5 Å². The molecular weight excluding hydrogens is 252 g/mol. The largest absolute Gasteiger partial charge is 0.403 e. The molecular formula is C13H13F2N3O. The van der Waals surface area contributed by atoms with Gasteiger partial charge in [0, 0.05) is 24.0 Å². The molecule has 4 nitrogen and oxygen atoms in total. The first-order valence-electron chi connectivity index (χ1n) is 5.65. The number of nitrogens with zero attached hydrogens (tertiary/aromatic N) is 2. The number of aryl methyl sites for hydroxylation is 2. The third-order valence-electron chi connectivity index (χ3n) is 2.72. The van der Waals surface area contributed by atoms with Crippen molar-refractivity contribution in [2.24, 2.45) is 0 Å². The Labute approximate surface area is 109 Å². The van der Waals surface area contributed by atoms with Crippen LogP contribution in [0.25, 0.3) is 11.1 Å². The summed E-state index contributed by atoms with van der Waals surface area (Å²) in [4.78, 5) is 12.8. The summed E-state index contributed by atoms with van der Waals surface area (Å²) >= 11 is 0. The topological polar surface area (TPSA) is 47.0 Å². The van der Waals surface area contributed by atoms with Gasteiger partial charge >= 0.3 is 0 Å². The van der Waals surface area contributed by atoms with Crippen LogP contribution in [-0.4, -0.2) is 17.0 Å². The van der Waals surface area contributed by atoms with E-state index in [0.717, 1.165) is 0 Å². The molecule has 1 aromatic carbocycles. The van der Waals surface area contributed by atoms with Gasteiger partial charge in [0.15, 0.2) is 11.6 Å². The molecule has 2 rings (SSSR count). The van der Waals surface area contributed by atoms with E-state index in [1.165, 1.54) is 25.5 Å². The smallest absolute Gasteiger partial charge is 0.218 e. The number of hydrogen-bond acceptors (Lipinski definition) is 4. The number of benzene rings is 1. The highest BCUT2D eigenvalue weighted by Crippen LogP contribution is 2.30. The summed E-state index contributed by atoms with van der Waals surface area (Å²) in [6.45, 7) is 3.52. The molecule has 0 amide bonds. The molecule has 0 saturated carbocycles. The van der Waals surface area contributed by atoms with E-state index in [2.05, 4.69) is 20.3 Å². The van der Waals surface area contributed by atoms with Crippen molar-refractivity contribution in [2.75, 3.05) is 7.05 Å². The van der Waals surface area contributed by atoms with Gasteiger partial charge in [-0.15, -0.1) is 0 Å². The van der Waals surface area contributed by atoms with Crippen molar-refractivity contribution >= 4 is 0 Å². The monoisotopic (exact) mass is 265 g/mol. The fourth-order valence-electron chi connectivity index (χ4n) is 1.91. The van der Waals surface area contributed by atoms with Gasteiger partial charge in [0.2, 0.25) is 5.75 Å². The van der Waals surface area contributed by atoms with E-state index in [-0.39, 0.29) is 0 Å². The minimum absolute atomic E-state index is 0.383. The van der Waals surface area contributed by atoms with Gasteiger partial charge in [-0.05, 0) is 31.5 Å². The van der Waals surface area contributed by atoms with Gasteiger partial charge < -0.3 is 4.84 Å². The zero-order valence-electron chi connectivity index (χ0n) is 10.8. The van der Waals surface area contributed by atoms with Crippen LogP contribution in [0.3, 0.4) is 0 Å². The van der Waals surface area contributed by atoms with E-state index >= 15 is 0 Å². The van der Waals surface area contributed by atoms with Crippen molar-refractivity contribution < 1.29 is 13.6 Å². The summed E-state index contributed by atoms with van der Waals surface area (Å²) in [6.07, 6.45) is 1.42. The Morgan fingerprint density at radius 2 is 1.58 bits per heavy atom. The van der Waals surface area contributed by atoms with Crippen molar-refractivity contribution in [3.63, 3.8) is 0 Å². The Balaban J connectivity index is 2.59. The lowest BCUT2D eigenvalue weighted by Crippen LogP contribution is -2.13. The fraction of sp³-hybridized carbons (Fsp3) is 0.231. The molecule has 0 saturated heterocycles. The number of nitrogens with one attached hydrogen (secondary N) is 1. The molecule has 100 valence electrons. The third kappa shape index (κ3) is 2.53. The second-order valence-corrected chi connectivity index (χ2v) is 3.99. The summed E-state index contributed by atoms with van der Waals surface area (Å²) in [7, 11) is 1.42. The highest BCUT2D eigenvalue weighted by Gasteiger charge is 2.16. The summed E-state index contributed by atoms with van der Waals surface area (Å²) in [5.41, 5.74) is 4.57. The van der Waals surface area contributed by atoms with Crippen molar-refractivity contribution in [1.29, 1.82) is 0 Å². The average Bonchev–Trinajstić information content (AvgIpc) is 2.33. The first kappa shape index (κ1) is 13.4. The molecule has 0 radical (unpaired) electrons. The SMILES string of the molecule is CNOc1c(F)cc(-c2c(C)ncnc2C)cc1F. The Morgan fingerprint density at radius 3 is 2.05 bits per heavy atom. The molecule has 1 heterocycles. The number of rotatable bonds is 3. The maximum atomic E-state index is 13.8. The van der Waals surface area contributed by atoms with Crippen LogP contribution in [0.2, 0.25) is 0 Å². The van der Waals surface area contributed by atoms with Gasteiger partial charge in [0.05, 0.1) is 0 Å². The van der Waals surface area contributed by atoms with Gasteiger partial charge in [-0.3, -0.25) is 0 Å². The van der Waals surface area contributed by atoms with Gasteiger partial charge in [0.25, 0.3) is 0 Å². The van der Waals surface area contributed by atoms with E-state index in [0.29, 0.717) is 22.5 Å². The molecule has 0 aliphatic rings. The van der Waals surface area contributed by atoms with Gasteiger partial charge in [-0.1, -0.05) is 0 Å². The minimum Gasteiger partial charge on any atom is -0.403 e. The Hall–Kier alpha value is -2.08. The predicted octanol–water partition coefficient (Wildman–Crippen LogP) is 2.55. The Kier molecular flexibility index (Phi) is 3.71. The van der Waals surface area contributed by atoms with Crippen LogP contribution < -0.4 is 10.3 Å². The standard InChI is InChI=1S/C13H13F2N3O/c1-7-12(8(2)18-6-17-7)9-4-10(14)13(19-16-3)11(15)5-9/h4-6,16H,1-3H3. The molecule has 0 unspecified atom stereocenters. The lowest BCUT2D eigenvalue weighted by atomic mass is 10.0. The summed E-state index contributed by atoms with van der Waals surface area (Å²) in [5, 5.41) is 0. The van der Waals surface area contributed by atoms with Crippen LogP contribution in [0.5, 0.6) is 5.75 Å². The van der Waals surface area contributed by atoms with Crippen molar-refractivity contribution in [3.05, 3.63) is 41.5 Å². The lowest BCUT2D eigenvalue weighted by Gasteiger charge is -2.11. The van der Waals surface area contributed by atoms with Crippen molar-refractivity contribution in [3.8, 4) is 16.9 Å². The number of halogens is 2. The van der Waals surface area contributed by atoms with E-state index in [1.807, 2.05) is 0 Å². The second-order valence-electron chi connectivity index (χ2n) is 3.99. The zero-order valence-corrected chi connectivity index (χ0v) is 10.8. The quantitative estimate of drug-likeness (QED) is 0.866. The van der Waals surface area contributed by atoms with Crippen LogP contribution in [0.1, 0.15) is 11.4 Å². The highest BCUT2D eigenvalue weighted by atomic mass is 19.1. The fourth-order valence-corrected chi connectivity index (χ4v) is 1.91. The molecule has 19 heavy (non-hydrogen) atoms. The van der Waals surface area contributed by atoms with Crippen LogP contribution >= 0.6 is 0 Å². The zero-order chi connectivity index (χ0) is 14.0. The number of aromatic nitrogens is 2. The Morgan fingerprint density at radius 1 is 1.05 bits per heavy atom. The van der Waals surface area contributed by atoms with Crippen LogP contribution in [0, 0.1) is 25.5 Å². The molecule has 1 N–H and O–H groups in total. The Bertz CT molecular complexity index is 574. The summed E-state index contributed by atoms with van der Waals surface area (Å²) < 4.78 is 27.6. The molecule has 0 aliphatic heterocycles. The van der Waals surface area contributed by atoms with Gasteiger partial charge in [-0.2, -0.15) is 5.48 Å². The predicted molar refractivity (Wildman–Crippen MR) is 66.5 cm³/mol. The molecule has 0 atom stereocenters. The van der Waals surface area contributed by atoms with Crippen molar-refractivity contribution in [2.45, 2.75) is 13.8 Å². The van der Waals surface area contributed by atoms with E-state index in [9.17, 15) is 8.78 Å². The number of hydrogen-bond donors (Lipinski definition) is 1. The second kappa shape index (κ2) is 5.27. The van der Waals surface area contributed by atoms with E-state index < -0.39 is 17.4 Å². The maximum absolute atomic E-state index is 13.8. The molecule has 1 aromatic heterocycles. The molecule has 0 fully saturated rings. The normalized spacial score (nSPS) is 10.6. The molecule has 0 aliphatic carbocycles. The maximum Gasteiger partial charge on any atom is 0.218 e. The first-order chi connectivity index (χ1) is 9.04. The molecule has 0 bridgehead atoms. The third-order valence-corrected chi connectivity index (χ3v) is 2.72. The average molecular weight is 265 g/mol. The van der Waals surface area contributed by atoms with Gasteiger partial charge in [0.1, 0.15) is 6.33 Å². The summed E-state index contributed by atoms with van der Waals surface area (Å²) in [5.74, 6) is -2.03. The van der Waals surface area contributed by atoms with Crippen LogP contribution in [-0.2, 0) is 0 Å². The van der Waals surface area contributed by atoms with Gasteiger partial charge in [-0.25, -0.2) is 18.7 Å². The van der Waals surface area contributed by atoms with Crippen molar-refractivity contribution in [1.82, 2.24) is 15.4 Å². The molecule has 0 spiro atoms. The molecule has 6 heteroatoms. The van der Waals surface area contributed by atoms with Crippen LogP contribution in [0.4, 0.5) is 8.78 Å². The van der Waals surface area contributed by atoms with E-state index in [1.54, 1.807) is 13.8 Å². The molecule has 2 aromatic rings. The van der Waals surface area contributed by atoms with E-state index in [4.69, 9.17) is 0 Å². The highest BCUT2D eigenvalue weighted by molar-refractivity contribution is 5.68. The number of hydroxylamine groups is 1. The first-order valence-corrected chi connectivity index (χ1v) is 5.65. The minimum atomic E-state index is -0.785. The summed E-state index contributed by atoms with van der Waals surface area (Å²) in [6, 6.07) is 2.41. The lowest BCUT2D eigenvalue weighted by molar-refractivity contribution is 0.202.